The average Bonchev–Trinajstić information content (AvgIpc) is 2.78. The predicted octanol–water partition coefficient (Wildman–Crippen LogP) is 3.14. The first-order valence-electron chi connectivity index (χ1n) is 9.63. The Morgan fingerprint density at radius 2 is 1.65 bits per heavy atom. The Morgan fingerprint density at radius 1 is 1.03 bits per heavy atom. The van der Waals surface area contributed by atoms with Crippen molar-refractivity contribution in [2.45, 2.75) is 22.0 Å². The molecule has 1 amide bonds. The fourth-order valence-electron chi connectivity index (χ4n) is 3.25. The number of benzene rings is 2. The normalized spacial score (nSPS) is 16.0. The van der Waals surface area contributed by atoms with E-state index in [0.29, 0.717) is 10.5 Å². The number of halogens is 1. The van der Waals surface area contributed by atoms with Crippen LogP contribution in [-0.4, -0.2) is 68.0 Å². The molecule has 1 fully saturated rings. The Kier molecular flexibility index (Phi) is 7.64. The van der Waals surface area contributed by atoms with E-state index in [1.165, 1.54) is 35.3 Å². The largest absolute Gasteiger partial charge is 0.468 e. The van der Waals surface area contributed by atoms with Gasteiger partial charge in [-0.25, -0.2) is 8.42 Å². The summed E-state index contributed by atoms with van der Waals surface area (Å²) in [4.78, 5) is 27.3. The van der Waals surface area contributed by atoms with Crippen molar-refractivity contribution in [3.63, 3.8) is 0 Å². The van der Waals surface area contributed by atoms with Crippen molar-refractivity contribution < 1.29 is 22.7 Å². The lowest BCUT2D eigenvalue weighted by Gasteiger charge is -2.34. The van der Waals surface area contributed by atoms with Gasteiger partial charge in [0.15, 0.2) is 0 Å². The fourth-order valence-corrected chi connectivity index (χ4v) is 6.17. The first-order valence-corrected chi connectivity index (χ1v) is 12.3. The lowest BCUT2D eigenvalue weighted by molar-refractivity contribution is -0.139. The summed E-state index contributed by atoms with van der Waals surface area (Å²) < 4.78 is 31.9. The zero-order valence-electron chi connectivity index (χ0n) is 17.2. The van der Waals surface area contributed by atoms with Gasteiger partial charge in [-0.2, -0.15) is 4.31 Å². The van der Waals surface area contributed by atoms with Gasteiger partial charge in [0.25, 0.3) is 5.91 Å². The minimum absolute atomic E-state index is 0.0648. The maximum atomic E-state index is 13.1. The summed E-state index contributed by atoms with van der Waals surface area (Å²) >= 11 is 7.33. The summed E-state index contributed by atoms with van der Waals surface area (Å²) in [5.41, 5.74) is 0.477. The molecule has 3 rings (SSSR count). The second kappa shape index (κ2) is 10.0. The summed E-state index contributed by atoms with van der Waals surface area (Å²) in [6.07, 6.45) is 0. The van der Waals surface area contributed by atoms with Crippen LogP contribution in [0.4, 0.5) is 0 Å². The van der Waals surface area contributed by atoms with Gasteiger partial charge in [-0.15, -0.1) is 11.8 Å². The number of piperazine rings is 1. The third-order valence-corrected chi connectivity index (χ3v) is 8.49. The Morgan fingerprint density at radius 3 is 2.29 bits per heavy atom. The van der Waals surface area contributed by atoms with E-state index in [1.807, 2.05) is 0 Å². The number of amides is 1. The standard InChI is InChI=1S/C21H23ClN2O5S2/c1-15(21(26)29-2)30-18-9-5-3-7-16(18)20(25)23-11-13-24(14-12-23)31(27,28)19-10-6-4-8-17(19)22/h3-10,15H,11-14H2,1-2H3. The van der Waals surface area contributed by atoms with Crippen molar-refractivity contribution in [1.82, 2.24) is 9.21 Å². The number of nitrogens with zero attached hydrogens (tertiary/aromatic N) is 2. The number of rotatable bonds is 6. The molecule has 31 heavy (non-hydrogen) atoms. The van der Waals surface area contributed by atoms with Gasteiger partial charge in [-0.1, -0.05) is 35.9 Å². The van der Waals surface area contributed by atoms with Crippen LogP contribution in [0.25, 0.3) is 0 Å². The van der Waals surface area contributed by atoms with Gasteiger partial charge in [0.1, 0.15) is 10.1 Å². The molecule has 0 spiro atoms. The number of methoxy groups -OCH3 is 1. The molecule has 0 aromatic heterocycles. The van der Waals surface area contributed by atoms with E-state index in [9.17, 15) is 18.0 Å². The van der Waals surface area contributed by atoms with E-state index in [-0.39, 0.29) is 48.0 Å². The van der Waals surface area contributed by atoms with Crippen molar-refractivity contribution >= 4 is 45.3 Å². The zero-order chi connectivity index (χ0) is 22.6. The van der Waals surface area contributed by atoms with Gasteiger partial charge in [0, 0.05) is 31.1 Å². The Balaban J connectivity index is 1.71. The second-order valence-electron chi connectivity index (χ2n) is 6.91. The molecule has 0 bridgehead atoms. The molecule has 7 nitrogen and oxygen atoms in total. The number of hydrogen-bond donors (Lipinski definition) is 0. The molecule has 1 saturated heterocycles. The van der Waals surface area contributed by atoms with E-state index in [1.54, 1.807) is 48.2 Å². The molecule has 0 N–H and O–H groups in total. The topological polar surface area (TPSA) is 84.0 Å². The van der Waals surface area contributed by atoms with Crippen molar-refractivity contribution in [3.8, 4) is 0 Å². The van der Waals surface area contributed by atoms with E-state index in [2.05, 4.69) is 0 Å². The Bertz CT molecular complexity index is 1070. The smallest absolute Gasteiger partial charge is 0.318 e. The highest BCUT2D eigenvalue weighted by atomic mass is 35.5. The molecule has 1 aliphatic heterocycles. The summed E-state index contributed by atoms with van der Waals surface area (Å²) in [7, 11) is -2.41. The van der Waals surface area contributed by atoms with Crippen molar-refractivity contribution in [3.05, 3.63) is 59.1 Å². The van der Waals surface area contributed by atoms with Crippen LogP contribution in [0, 0.1) is 0 Å². The number of ether oxygens (including phenoxy) is 1. The first kappa shape index (κ1) is 23.6. The SMILES string of the molecule is COC(=O)C(C)Sc1ccccc1C(=O)N1CCN(S(=O)(=O)c2ccccc2Cl)CC1. The molecule has 10 heteroatoms. The zero-order valence-corrected chi connectivity index (χ0v) is 19.5. The number of esters is 1. The monoisotopic (exact) mass is 482 g/mol. The van der Waals surface area contributed by atoms with E-state index in [4.69, 9.17) is 16.3 Å². The summed E-state index contributed by atoms with van der Waals surface area (Å²) in [6.45, 7) is 2.58. The van der Waals surface area contributed by atoms with Gasteiger partial charge >= 0.3 is 5.97 Å². The van der Waals surface area contributed by atoms with Crippen LogP contribution >= 0.6 is 23.4 Å². The van der Waals surface area contributed by atoms with Crippen LogP contribution < -0.4 is 0 Å². The first-order chi connectivity index (χ1) is 14.8. The van der Waals surface area contributed by atoms with Gasteiger partial charge in [-0.3, -0.25) is 9.59 Å². The third-order valence-electron chi connectivity index (χ3n) is 4.93. The Hall–Kier alpha value is -2.07. The maximum Gasteiger partial charge on any atom is 0.318 e. The maximum absolute atomic E-state index is 13.1. The second-order valence-corrected chi connectivity index (χ2v) is 10.6. The number of sulfonamides is 1. The van der Waals surface area contributed by atoms with Crippen LogP contribution in [0.15, 0.2) is 58.3 Å². The molecule has 1 unspecified atom stereocenters. The van der Waals surface area contributed by atoms with E-state index >= 15 is 0 Å². The number of thioether (sulfide) groups is 1. The van der Waals surface area contributed by atoms with Gasteiger partial charge in [0.2, 0.25) is 10.0 Å². The summed E-state index contributed by atoms with van der Waals surface area (Å²) in [5, 5.41) is -0.289. The minimum Gasteiger partial charge on any atom is -0.468 e. The molecule has 0 aliphatic carbocycles. The molecular formula is C21H23ClN2O5S2. The predicted molar refractivity (Wildman–Crippen MR) is 120 cm³/mol. The van der Waals surface area contributed by atoms with Crippen molar-refractivity contribution in [2.24, 2.45) is 0 Å². The van der Waals surface area contributed by atoms with Crippen molar-refractivity contribution in [1.29, 1.82) is 0 Å². The minimum atomic E-state index is -3.74. The van der Waals surface area contributed by atoms with Crippen molar-refractivity contribution in [2.75, 3.05) is 33.3 Å². The number of carbonyl (C=O) groups excluding carboxylic acids is 2. The molecule has 1 heterocycles. The lowest BCUT2D eigenvalue weighted by atomic mass is 10.2. The molecule has 2 aromatic carbocycles. The molecule has 2 aromatic rings. The fraction of sp³-hybridized carbons (Fsp3) is 0.333. The highest BCUT2D eigenvalue weighted by Crippen LogP contribution is 2.29. The van der Waals surface area contributed by atoms with E-state index in [0.717, 1.165) is 0 Å². The van der Waals surface area contributed by atoms with Crippen LogP contribution in [0.2, 0.25) is 5.02 Å². The molecule has 0 radical (unpaired) electrons. The average molecular weight is 483 g/mol. The lowest BCUT2D eigenvalue weighted by Crippen LogP contribution is -2.50. The summed E-state index contributed by atoms with van der Waals surface area (Å²) in [5.74, 6) is -0.569. The quantitative estimate of drug-likeness (QED) is 0.464. The van der Waals surface area contributed by atoms with Crippen LogP contribution in [0.1, 0.15) is 17.3 Å². The van der Waals surface area contributed by atoms with Crippen LogP contribution in [0.3, 0.4) is 0 Å². The molecule has 166 valence electrons. The molecule has 0 saturated carbocycles. The van der Waals surface area contributed by atoms with Gasteiger partial charge in [0.05, 0.1) is 17.7 Å². The number of carbonyl (C=O) groups is 2. The van der Waals surface area contributed by atoms with Crippen LogP contribution in [-0.2, 0) is 19.6 Å². The third kappa shape index (κ3) is 5.23. The van der Waals surface area contributed by atoms with Gasteiger partial charge in [-0.05, 0) is 31.2 Å². The summed E-state index contributed by atoms with van der Waals surface area (Å²) in [6, 6.07) is 13.4. The molecule has 1 aliphatic rings. The van der Waals surface area contributed by atoms with E-state index < -0.39 is 15.3 Å². The molecule has 1 atom stereocenters. The van der Waals surface area contributed by atoms with Gasteiger partial charge < -0.3 is 9.64 Å². The van der Waals surface area contributed by atoms with Crippen LogP contribution in [0.5, 0.6) is 0 Å². The number of hydrogen-bond acceptors (Lipinski definition) is 6. The highest BCUT2D eigenvalue weighted by molar-refractivity contribution is 8.00. The molecular weight excluding hydrogens is 460 g/mol. The Labute approximate surface area is 191 Å². The highest BCUT2D eigenvalue weighted by Gasteiger charge is 2.32.